The van der Waals surface area contributed by atoms with Gasteiger partial charge in [-0.2, -0.15) is 0 Å². The van der Waals surface area contributed by atoms with Gasteiger partial charge in [-0.25, -0.2) is 5.84 Å². The summed E-state index contributed by atoms with van der Waals surface area (Å²) in [5.41, 5.74) is 1.96. The maximum absolute atomic E-state index is 11.5. The number of hydrogen-bond donors (Lipinski definition) is 2. The highest BCUT2D eigenvalue weighted by molar-refractivity contribution is 5.96. The molecule has 1 rings (SSSR count). The van der Waals surface area contributed by atoms with Gasteiger partial charge in [-0.1, -0.05) is 0 Å². The van der Waals surface area contributed by atoms with Gasteiger partial charge in [0.2, 0.25) is 17.7 Å². The first-order chi connectivity index (χ1) is 7.15. The van der Waals surface area contributed by atoms with Gasteiger partial charge in [0.15, 0.2) is 0 Å². The minimum absolute atomic E-state index is 0.0635. The van der Waals surface area contributed by atoms with Crippen LogP contribution in [0.3, 0.4) is 0 Å². The lowest BCUT2D eigenvalue weighted by Crippen LogP contribution is -2.39. The third-order valence-corrected chi connectivity index (χ3v) is 2.36. The molecule has 0 spiro atoms. The lowest BCUT2D eigenvalue weighted by atomic mass is 10.2. The Balaban J connectivity index is 2.52. The molecule has 0 bridgehead atoms. The summed E-state index contributed by atoms with van der Waals surface area (Å²) in [7, 11) is 0. The van der Waals surface area contributed by atoms with Crippen molar-refractivity contribution in [1.29, 1.82) is 0 Å². The minimum Gasteiger partial charge on any atom is -0.294 e. The second-order valence-electron chi connectivity index (χ2n) is 3.46. The fourth-order valence-electron chi connectivity index (χ4n) is 1.50. The van der Waals surface area contributed by atoms with E-state index < -0.39 is 0 Å². The van der Waals surface area contributed by atoms with Gasteiger partial charge in [-0.15, -0.1) is 0 Å². The minimum atomic E-state index is -0.375. The molecular weight excluding hydrogens is 198 g/mol. The van der Waals surface area contributed by atoms with Gasteiger partial charge in [0, 0.05) is 25.8 Å². The van der Waals surface area contributed by atoms with Crippen molar-refractivity contribution in [3.63, 3.8) is 0 Å². The Hall–Kier alpha value is -1.43. The van der Waals surface area contributed by atoms with Gasteiger partial charge < -0.3 is 0 Å². The van der Waals surface area contributed by atoms with Crippen molar-refractivity contribution in [2.45, 2.75) is 32.1 Å². The molecular formula is C9H15N3O3. The molecule has 3 amide bonds. The van der Waals surface area contributed by atoms with Crippen LogP contribution in [0.15, 0.2) is 0 Å². The van der Waals surface area contributed by atoms with Crippen LogP contribution < -0.4 is 11.3 Å². The van der Waals surface area contributed by atoms with E-state index in [1.807, 2.05) is 5.43 Å². The van der Waals surface area contributed by atoms with Crippen molar-refractivity contribution >= 4 is 17.7 Å². The summed E-state index contributed by atoms with van der Waals surface area (Å²) in [4.78, 5) is 35.0. The first-order valence-electron chi connectivity index (χ1n) is 4.98. The van der Waals surface area contributed by atoms with Crippen molar-refractivity contribution < 1.29 is 14.4 Å². The number of hydrogen-bond acceptors (Lipinski definition) is 4. The zero-order valence-electron chi connectivity index (χ0n) is 8.49. The van der Waals surface area contributed by atoms with E-state index in [4.69, 9.17) is 5.84 Å². The summed E-state index contributed by atoms with van der Waals surface area (Å²) in [5, 5.41) is 0. The molecule has 0 aliphatic carbocycles. The third-order valence-electron chi connectivity index (χ3n) is 2.36. The van der Waals surface area contributed by atoms with Gasteiger partial charge in [0.1, 0.15) is 0 Å². The normalized spacial score (nSPS) is 17.5. The van der Waals surface area contributed by atoms with Gasteiger partial charge in [0.05, 0.1) is 0 Å². The predicted molar refractivity (Wildman–Crippen MR) is 52.1 cm³/mol. The fourth-order valence-corrected chi connectivity index (χ4v) is 1.50. The third kappa shape index (κ3) is 3.32. The molecule has 0 aromatic rings. The highest BCUT2D eigenvalue weighted by Gasteiger charge is 2.23. The number of nitrogens with one attached hydrogen (secondary N) is 1. The molecule has 6 nitrogen and oxygen atoms in total. The Bertz CT molecular complexity index is 260. The molecule has 0 aromatic carbocycles. The van der Waals surface area contributed by atoms with E-state index in [-0.39, 0.29) is 30.7 Å². The van der Waals surface area contributed by atoms with Crippen LogP contribution in [-0.4, -0.2) is 29.2 Å². The quantitative estimate of drug-likeness (QED) is 0.280. The molecule has 0 unspecified atom stereocenters. The fraction of sp³-hybridized carbons (Fsp3) is 0.667. The first-order valence-corrected chi connectivity index (χ1v) is 4.98. The largest absolute Gasteiger partial charge is 0.294 e. The number of amides is 3. The van der Waals surface area contributed by atoms with E-state index in [1.165, 1.54) is 0 Å². The van der Waals surface area contributed by atoms with Crippen LogP contribution in [0.25, 0.3) is 0 Å². The number of rotatable bonds is 3. The standard InChI is InChI=1S/C9H15N3O3/c10-11-7(13)5-6-12-8(14)3-1-2-4-9(12)15/h1-6,10H2,(H,11,13). The topological polar surface area (TPSA) is 92.5 Å². The van der Waals surface area contributed by atoms with Crippen molar-refractivity contribution in [3.8, 4) is 0 Å². The predicted octanol–water partition coefficient (Wildman–Crippen LogP) is -0.704. The summed E-state index contributed by atoms with van der Waals surface area (Å²) >= 11 is 0. The van der Waals surface area contributed by atoms with Crippen LogP contribution in [0.4, 0.5) is 0 Å². The summed E-state index contributed by atoms with van der Waals surface area (Å²) in [6.07, 6.45) is 2.31. The number of carbonyl (C=O) groups is 3. The Morgan fingerprint density at radius 1 is 1.27 bits per heavy atom. The molecule has 3 N–H and O–H groups in total. The lowest BCUT2D eigenvalue weighted by molar-refractivity contribution is -0.144. The van der Waals surface area contributed by atoms with Crippen molar-refractivity contribution in [2.75, 3.05) is 6.54 Å². The van der Waals surface area contributed by atoms with E-state index >= 15 is 0 Å². The van der Waals surface area contributed by atoms with Gasteiger partial charge in [-0.3, -0.25) is 24.7 Å². The molecule has 6 heteroatoms. The molecule has 1 aliphatic rings. The van der Waals surface area contributed by atoms with Crippen LogP contribution in [-0.2, 0) is 14.4 Å². The zero-order chi connectivity index (χ0) is 11.3. The summed E-state index contributed by atoms with van der Waals surface area (Å²) in [5.74, 6) is 4.14. The summed E-state index contributed by atoms with van der Waals surface area (Å²) < 4.78 is 0. The van der Waals surface area contributed by atoms with Crippen LogP contribution in [0.2, 0.25) is 0 Å². The highest BCUT2D eigenvalue weighted by atomic mass is 16.2. The maximum atomic E-state index is 11.5. The van der Waals surface area contributed by atoms with Gasteiger partial charge in [-0.05, 0) is 12.8 Å². The van der Waals surface area contributed by atoms with E-state index in [0.717, 1.165) is 17.7 Å². The number of nitrogens with zero attached hydrogens (tertiary/aromatic N) is 1. The summed E-state index contributed by atoms with van der Waals surface area (Å²) in [6, 6.07) is 0. The molecule has 1 saturated heterocycles. The molecule has 0 atom stereocenters. The zero-order valence-corrected chi connectivity index (χ0v) is 8.49. The smallest absolute Gasteiger partial charge is 0.235 e. The molecule has 84 valence electrons. The second-order valence-corrected chi connectivity index (χ2v) is 3.46. The Morgan fingerprint density at radius 2 is 1.80 bits per heavy atom. The SMILES string of the molecule is NNC(=O)CCN1C(=O)CCCCC1=O. The average molecular weight is 213 g/mol. The van der Waals surface area contributed by atoms with E-state index in [1.54, 1.807) is 0 Å². The Labute approximate surface area is 87.8 Å². The van der Waals surface area contributed by atoms with Gasteiger partial charge >= 0.3 is 0 Å². The molecule has 0 saturated carbocycles. The summed E-state index contributed by atoms with van der Waals surface area (Å²) in [6.45, 7) is 0.126. The number of carbonyl (C=O) groups excluding carboxylic acids is 3. The molecule has 15 heavy (non-hydrogen) atoms. The molecule has 0 radical (unpaired) electrons. The number of hydrazine groups is 1. The lowest BCUT2D eigenvalue weighted by Gasteiger charge is -2.17. The highest BCUT2D eigenvalue weighted by Crippen LogP contribution is 2.12. The molecule has 1 fully saturated rings. The second kappa shape index (κ2) is 5.45. The Kier molecular flexibility index (Phi) is 4.23. The molecule has 1 aliphatic heterocycles. The van der Waals surface area contributed by atoms with Crippen molar-refractivity contribution in [1.82, 2.24) is 10.3 Å². The molecule has 0 aromatic heterocycles. The average Bonchev–Trinajstić information content (AvgIpc) is 2.38. The van der Waals surface area contributed by atoms with Crippen molar-refractivity contribution in [3.05, 3.63) is 0 Å². The monoisotopic (exact) mass is 213 g/mol. The number of likely N-dealkylation sites (tertiary alicyclic amines) is 1. The van der Waals surface area contributed by atoms with Crippen LogP contribution in [0, 0.1) is 0 Å². The number of nitrogens with two attached hydrogens (primary N) is 1. The molecule has 1 heterocycles. The van der Waals surface area contributed by atoms with E-state index in [2.05, 4.69) is 0 Å². The van der Waals surface area contributed by atoms with E-state index in [9.17, 15) is 14.4 Å². The van der Waals surface area contributed by atoms with E-state index in [0.29, 0.717) is 12.8 Å². The van der Waals surface area contributed by atoms with Crippen LogP contribution in [0.1, 0.15) is 32.1 Å². The van der Waals surface area contributed by atoms with Gasteiger partial charge in [0.25, 0.3) is 0 Å². The maximum Gasteiger partial charge on any atom is 0.235 e. The Morgan fingerprint density at radius 3 is 2.27 bits per heavy atom. The van der Waals surface area contributed by atoms with Crippen LogP contribution >= 0.6 is 0 Å². The number of imide groups is 1. The van der Waals surface area contributed by atoms with Crippen LogP contribution in [0.5, 0.6) is 0 Å². The van der Waals surface area contributed by atoms with Crippen molar-refractivity contribution in [2.24, 2.45) is 5.84 Å². The first kappa shape index (κ1) is 11.6.